The van der Waals surface area contributed by atoms with E-state index in [0.717, 1.165) is 57.2 Å². The summed E-state index contributed by atoms with van der Waals surface area (Å²) in [6.07, 6.45) is 9.99. The molecule has 0 bridgehead atoms. The lowest BCUT2D eigenvalue weighted by Crippen LogP contribution is -2.39. The van der Waals surface area contributed by atoms with Gasteiger partial charge in [-0.1, -0.05) is 36.6 Å². The molecule has 3 aromatic rings. The van der Waals surface area contributed by atoms with Crippen molar-refractivity contribution in [3.8, 4) is 0 Å². The molecule has 0 spiro atoms. The molecule has 1 aromatic heterocycles. The van der Waals surface area contributed by atoms with Gasteiger partial charge in [0, 0.05) is 42.7 Å². The first-order valence-corrected chi connectivity index (χ1v) is 17.3. The van der Waals surface area contributed by atoms with E-state index in [-0.39, 0.29) is 34.8 Å². The van der Waals surface area contributed by atoms with E-state index in [1.807, 2.05) is 12.1 Å². The number of sulfonamides is 2. The lowest BCUT2D eigenvalue weighted by Gasteiger charge is -2.30. The highest BCUT2D eigenvalue weighted by Gasteiger charge is 2.34. The van der Waals surface area contributed by atoms with Crippen molar-refractivity contribution >= 4 is 31.6 Å². The zero-order valence-corrected chi connectivity index (χ0v) is 25.3. The molecule has 9 nitrogen and oxygen atoms in total. The van der Waals surface area contributed by atoms with Crippen LogP contribution in [0.15, 0.2) is 76.9 Å². The molecule has 0 amide bonds. The molecule has 41 heavy (non-hydrogen) atoms. The van der Waals surface area contributed by atoms with Crippen LogP contribution < -0.4 is 5.32 Å². The van der Waals surface area contributed by atoms with Crippen LogP contribution in [0.3, 0.4) is 0 Å². The second-order valence-electron chi connectivity index (χ2n) is 10.8. The second kappa shape index (κ2) is 13.3. The van der Waals surface area contributed by atoms with Gasteiger partial charge in [-0.3, -0.25) is 9.97 Å². The van der Waals surface area contributed by atoms with Crippen LogP contribution in [0.25, 0.3) is 0 Å². The predicted octanol–water partition coefficient (Wildman–Crippen LogP) is 4.45. The molecular weight excluding hydrogens is 582 g/mol. The van der Waals surface area contributed by atoms with Crippen LogP contribution in [0.2, 0.25) is 5.02 Å². The van der Waals surface area contributed by atoms with Gasteiger partial charge in [0.05, 0.1) is 22.0 Å². The molecule has 0 unspecified atom stereocenters. The molecule has 1 saturated heterocycles. The van der Waals surface area contributed by atoms with Gasteiger partial charge < -0.3 is 5.32 Å². The van der Waals surface area contributed by atoms with Gasteiger partial charge in [-0.2, -0.15) is 8.61 Å². The van der Waals surface area contributed by atoms with Crippen LogP contribution >= 0.6 is 11.6 Å². The fourth-order valence-electron chi connectivity index (χ4n) is 5.63. The van der Waals surface area contributed by atoms with Gasteiger partial charge in [0.1, 0.15) is 0 Å². The summed E-state index contributed by atoms with van der Waals surface area (Å²) in [5, 5.41) is 3.91. The average molecular weight is 618 g/mol. The molecule has 2 aromatic carbocycles. The quantitative estimate of drug-likeness (QED) is 0.338. The number of piperidine rings is 1. The number of nitrogens with zero attached hydrogens (tertiary/aromatic N) is 4. The molecule has 2 aliphatic rings. The normalized spacial score (nSPS) is 17.4. The molecule has 1 N–H and O–H groups in total. The van der Waals surface area contributed by atoms with Crippen molar-refractivity contribution in [2.75, 3.05) is 19.6 Å². The highest BCUT2D eigenvalue weighted by Crippen LogP contribution is 2.31. The van der Waals surface area contributed by atoms with Gasteiger partial charge in [-0.05, 0) is 86.7 Å². The van der Waals surface area contributed by atoms with Crippen LogP contribution in [0.1, 0.15) is 49.8 Å². The van der Waals surface area contributed by atoms with E-state index in [4.69, 9.17) is 11.6 Å². The number of nitrogens with one attached hydrogen (secondary N) is 1. The predicted molar refractivity (Wildman–Crippen MR) is 158 cm³/mol. The third-order valence-electron chi connectivity index (χ3n) is 7.93. The van der Waals surface area contributed by atoms with Crippen molar-refractivity contribution in [1.82, 2.24) is 23.9 Å². The molecule has 1 saturated carbocycles. The summed E-state index contributed by atoms with van der Waals surface area (Å²) in [4.78, 5) is 8.51. The van der Waals surface area contributed by atoms with Crippen molar-refractivity contribution in [3.63, 3.8) is 0 Å². The first-order chi connectivity index (χ1) is 19.7. The number of benzene rings is 2. The summed E-state index contributed by atoms with van der Waals surface area (Å²) < 4.78 is 58.6. The third-order valence-corrected chi connectivity index (χ3v) is 11.9. The van der Waals surface area contributed by atoms with E-state index in [0.29, 0.717) is 17.3 Å². The molecule has 1 aliphatic carbocycles. The first kappa shape index (κ1) is 30.1. The molecular formula is C29H36ClN5O4S2. The Morgan fingerprint density at radius 1 is 0.805 bits per heavy atom. The third kappa shape index (κ3) is 7.33. The Morgan fingerprint density at radius 2 is 1.44 bits per heavy atom. The molecule has 2 fully saturated rings. The van der Waals surface area contributed by atoms with Crippen molar-refractivity contribution in [3.05, 3.63) is 83.4 Å². The van der Waals surface area contributed by atoms with Crippen LogP contribution in [-0.2, 0) is 33.1 Å². The van der Waals surface area contributed by atoms with Gasteiger partial charge >= 0.3 is 0 Å². The summed E-state index contributed by atoms with van der Waals surface area (Å²) in [5.74, 6) is 0.218. The Labute approximate surface area is 248 Å². The number of aromatic nitrogens is 2. The highest BCUT2D eigenvalue weighted by molar-refractivity contribution is 7.89. The van der Waals surface area contributed by atoms with Crippen molar-refractivity contribution in [2.24, 2.45) is 5.92 Å². The Morgan fingerprint density at radius 3 is 2.05 bits per heavy atom. The molecule has 220 valence electrons. The second-order valence-corrected chi connectivity index (χ2v) is 15.0. The van der Waals surface area contributed by atoms with E-state index in [2.05, 4.69) is 15.3 Å². The summed E-state index contributed by atoms with van der Waals surface area (Å²) in [7, 11) is -7.81. The molecule has 12 heteroatoms. The lowest BCUT2D eigenvalue weighted by molar-refractivity contribution is 0.282. The smallest absolute Gasteiger partial charge is 0.243 e. The monoisotopic (exact) mass is 617 g/mol. The van der Waals surface area contributed by atoms with Gasteiger partial charge in [-0.15, -0.1) is 0 Å². The zero-order valence-electron chi connectivity index (χ0n) is 22.9. The number of hydrogen-bond donors (Lipinski definition) is 1. The van der Waals surface area contributed by atoms with Gasteiger partial charge in [0.15, 0.2) is 0 Å². The zero-order chi connectivity index (χ0) is 28.9. The maximum Gasteiger partial charge on any atom is 0.243 e. The maximum atomic E-state index is 13.9. The Bertz CT molecular complexity index is 1490. The SMILES string of the molecule is O=S(=O)(c1ccc(S(=O)(=O)N(Cc2ccc(Cl)cc2)C2CCCC2)cc1)N(Cc1cnccn1)CC1CCNCC1. The van der Waals surface area contributed by atoms with E-state index in [1.54, 1.807) is 35.0 Å². The topological polar surface area (TPSA) is 113 Å². The van der Waals surface area contributed by atoms with E-state index in [9.17, 15) is 16.8 Å². The number of rotatable bonds is 11. The molecule has 2 heterocycles. The summed E-state index contributed by atoms with van der Waals surface area (Å²) in [6, 6.07) is 12.7. The minimum Gasteiger partial charge on any atom is -0.317 e. The lowest BCUT2D eigenvalue weighted by atomic mass is 9.98. The molecule has 0 radical (unpaired) electrons. The van der Waals surface area contributed by atoms with Gasteiger partial charge in [0.25, 0.3) is 0 Å². The number of halogens is 1. The Kier molecular flexibility index (Phi) is 9.73. The fraction of sp³-hybridized carbons (Fsp3) is 0.448. The summed E-state index contributed by atoms with van der Waals surface area (Å²) in [5.41, 5.74) is 1.40. The molecule has 1 aliphatic heterocycles. The van der Waals surface area contributed by atoms with E-state index in [1.165, 1.54) is 28.6 Å². The highest BCUT2D eigenvalue weighted by atomic mass is 35.5. The summed E-state index contributed by atoms with van der Waals surface area (Å²) in [6.45, 7) is 2.38. The minimum absolute atomic E-state index is 0.0550. The fourth-order valence-corrected chi connectivity index (χ4v) is 8.92. The molecule has 5 rings (SSSR count). The Balaban J connectivity index is 1.41. The largest absolute Gasteiger partial charge is 0.317 e. The molecule has 0 atom stereocenters. The maximum absolute atomic E-state index is 13.9. The van der Waals surface area contributed by atoms with Crippen LogP contribution in [0.4, 0.5) is 0 Å². The number of hydrogen-bond acceptors (Lipinski definition) is 7. The van der Waals surface area contributed by atoms with Crippen molar-refractivity contribution < 1.29 is 16.8 Å². The van der Waals surface area contributed by atoms with Gasteiger partial charge in [-0.25, -0.2) is 16.8 Å². The summed E-state index contributed by atoms with van der Waals surface area (Å²) >= 11 is 6.04. The van der Waals surface area contributed by atoms with E-state index >= 15 is 0 Å². The van der Waals surface area contributed by atoms with Gasteiger partial charge in [0.2, 0.25) is 20.0 Å². The average Bonchev–Trinajstić information content (AvgIpc) is 3.52. The van der Waals surface area contributed by atoms with Crippen LogP contribution in [-0.4, -0.2) is 61.1 Å². The van der Waals surface area contributed by atoms with Crippen LogP contribution in [0.5, 0.6) is 0 Å². The van der Waals surface area contributed by atoms with Crippen molar-refractivity contribution in [1.29, 1.82) is 0 Å². The standard InChI is InChI=1S/C29H36ClN5O4S2/c30-25-7-5-23(6-8-25)21-35(27-3-1-2-4-27)41(38,39)29-11-9-28(10-12-29)40(36,37)34(20-24-13-15-31-16-14-24)22-26-19-32-17-18-33-26/h5-12,17-19,24,27,31H,1-4,13-16,20-22H2. The van der Waals surface area contributed by atoms with Crippen LogP contribution in [0, 0.1) is 5.92 Å². The van der Waals surface area contributed by atoms with Crippen molar-refractivity contribution in [2.45, 2.75) is 67.4 Å². The Hall–Kier alpha value is -2.41. The first-order valence-electron chi connectivity index (χ1n) is 14.1. The van der Waals surface area contributed by atoms with E-state index < -0.39 is 20.0 Å². The minimum atomic E-state index is -3.93.